The van der Waals surface area contributed by atoms with E-state index < -0.39 is 36.1 Å². The molecule has 1 aromatic heterocycles. The van der Waals surface area contributed by atoms with Crippen LogP contribution in [0.2, 0.25) is 0 Å². The minimum Gasteiger partial charge on any atom is -0.238 e. The molecule has 0 spiro atoms. The summed E-state index contributed by atoms with van der Waals surface area (Å²) in [5, 5.41) is 2.82. The maximum atomic E-state index is 13.2. The number of aromatic nitrogens is 3. The molecular weight excluding hydrogens is 278 g/mol. The first-order chi connectivity index (χ1) is 7.95. The number of hydrogen-bond acceptors (Lipinski definition) is 2. The fourth-order valence-electron chi connectivity index (χ4n) is 1.48. The molecule has 3 nitrogen and oxygen atoms in total. The first-order valence-electron chi connectivity index (χ1n) is 4.35. The number of fused-ring (bicyclic) bond motifs is 1. The average molecular weight is 281 g/mol. The van der Waals surface area contributed by atoms with Gasteiger partial charge in [0.05, 0.1) is 0 Å². The smallest absolute Gasteiger partial charge is 0.238 e. The lowest BCUT2D eigenvalue weighted by Gasteiger charge is -2.32. The zero-order valence-corrected chi connectivity index (χ0v) is 8.15. The minimum atomic E-state index is -6.29. The van der Waals surface area contributed by atoms with Crippen LogP contribution >= 0.6 is 0 Å². The molecule has 0 atom stereocenters. The van der Waals surface area contributed by atoms with Gasteiger partial charge in [0.2, 0.25) is 5.82 Å². The normalized spacial score (nSPS) is 27.3. The van der Waals surface area contributed by atoms with E-state index in [9.17, 15) is 35.1 Å². The van der Waals surface area contributed by atoms with Gasteiger partial charge in [0.25, 0.3) is 0 Å². The van der Waals surface area contributed by atoms with Crippen molar-refractivity contribution in [2.24, 2.45) is 0 Å². The van der Waals surface area contributed by atoms with E-state index in [1.807, 2.05) is 0 Å². The molecular formula is C7H3F8N3. The van der Waals surface area contributed by atoms with Crippen LogP contribution in [0.5, 0.6) is 0 Å². The van der Waals surface area contributed by atoms with Gasteiger partial charge >= 0.3 is 23.7 Å². The van der Waals surface area contributed by atoms with Crippen LogP contribution in [0.3, 0.4) is 0 Å². The summed E-state index contributed by atoms with van der Waals surface area (Å²) in [6.07, 6.45) is 0.304. The van der Waals surface area contributed by atoms with Crippen molar-refractivity contribution < 1.29 is 35.1 Å². The third kappa shape index (κ3) is 1.24. The Balaban J connectivity index is 2.74. The second-order valence-electron chi connectivity index (χ2n) is 3.67. The minimum absolute atomic E-state index is 0.304. The van der Waals surface area contributed by atoms with E-state index in [1.165, 1.54) is 0 Å². The number of nitrogens with zero attached hydrogens (tertiary/aromatic N) is 3. The highest BCUT2D eigenvalue weighted by Crippen LogP contribution is 2.57. The first-order valence-corrected chi connectivity index (χ1v) is 4.35. The van der Waals surface area contributed by atoms with Crippen LogP contribution < -0.4 is 0 Å². The molecule has 0 radical (unpaired) electrons. The monoisotopic (exact) mass is 281 g/mol. The molecule has 2 heterocycles. The fraction of sp³-hybridized carbons (Fsp3) is 0.714. The summed E-state index contributed by atoms with van der Waals surface area (Å²) < 4.78 is 104. The molecule has 0 N–H and O–H groups in total. The van der Waals surface area contributed by atoms with E-state index in [0.717, 1.165) is 0 Å². The van der Waals surface area contributed by atoms with Gasteiger partial charge < -0.3 is 0 Å². The Bertz CT molecular complexity index is 479. The van der Waals surface area contributed by atoms with E-state index in [-0.39, 0.29) is 4.68 Å². The average Bonchev–Trinajstić information content (AvgIpc) is 2.62. The Morgan fingerprint density at radius 1 is 0.944 bits per heavy atom. The van der Waals surface area contributed by atoms with Gasteiger partial charge in [0.15, 0.2) is 0 Å². The van der Waals surface area contributed by atoms with Crippen molar-refractivity contribution in [1.82, 2.24) is 14.8 Å². The van der Waals surface area contributed by atoms with Crippen LogP contribution in [0.1, 0.15) is 5.82 Å². The Labute approximate surface area is 93.4 Å². The molecule has 0 saturated heterocycles. The number of halogens is 8. The zero-order valence-electron chi connectivity index (χ0n) is 8.15. The summed E-state index contributed by atoms with van der Waals surface area (Å²) in [5.74, 6) is -25.4. The Hall–Kier alpha value is -1.42. The van der Waals surface area contributed by atoms with Crippen LogP contribution in [-0.4, -0.2) is 32.5 Å². The molecule has 2 rings (SSSR count). The van der Waals surface area contributed by atoms with Crippen molar-refractivity contribution in [3.8, 4) is 0 Å². The van der Waals surface area contributed by atoms with Crippen molar-refractivity contribution >= 4 is 0 Å². The van der Waals surface area contributed by atoms with E-state index >= 15 is 0 Å². The summed E-state index contributed by atoms with van der Waals surface area (Å²) in [5.41, 5.74) is 0. The lowest BCUT2D eigenvalue weighted by Crippen LogP contribution is -2.60. The topological polar surface area (TPSA) is 30.7 Å². The van der Waals surface area contributed by atoms with Crippen molar-refractivity contribution in [3.63, 3.8) is 0 Å². The highest BCUT2D eigenvalue weighted by molar-refractivity contribution is 5.14. The number of hydrogen-bond donors (Lipinski definition) is 0. The highest BCUT2D eigenvalue weighted by atomic mass is 19.4. The van der Waals surface area contributed by atoms with Gasteiger partial charge in [-0.3, -0.25) is 0 Å². The van der Waals surface area contributed by atoms with Gasteiger partial charge in [-0.25, -0.2) is 9.67 Å². The van der Waals surface area contributed by atoms with Gasteiger partial charge in [0, 0.05) is 0 Å². The molecule has 11 heteroatoms. The Morgan fingerprint density at radius 2 is 1.50 bits per heavy atom. The van der Waals surface area contributed by atoms with Gasteiger partial charge in [-0.15, -0.1) is 0 Å². The van der Waals surface area contributed by atoms with Crippen LogP contribution in [0, 0.1) is 0 Å². The van der Waals surface area contributed by atoms with Gasteiger partial charge in [-0.2, -0.15) is 40.2 Å². The first kappa shape index (κ1) is 13.0. The molecule has 0 aromatic carbocycles. The van der Waals surface area contributed by atoms with E-state index in [2.05, 4.69) is 10.1 Å². The molecule has 0 saturated carbocycles. The van der Waals surface area contributed by atoms with E-state index in [1.54, 1.807) is 0 Å². The second kappa shape index (κ2) is 3.12. The van der Waals surface area contributed by atoms with Crippen LogP contribution in [0.4, 0.5) is 35.1 Å². The maximum absolute atomic E-state index is 13.2. The van der Waals surface area contributed by atoms with Gasteiger partial charge in [-0.1, -0.05) is 0 Å². The SMILES string of the molecule is FC1(F)Cn2ncnc2C(F)(F)C(F)(F)C1(F)F. The highest BCUT2D eigenvalue weighted by Gasteiger charge is 2.83. The molecule has 102 valence electrons. The van der Waals surface area contributed by atoms with Crippen LogP contribution in [-0.2, 0) is 12.5 Å². The van der Waals surface area contributed by atoms with Crippen LogP contribution in [0.25, 0.3) is 0 Å². The molecule has 0 amide bonds. The van der Waals surface area contributed by atoms with Crippen molar-refractivity contribution in [2.75, 3.05) is 0 Å². The molecule has 0 fully saturated rings. The fourth-order valence-corrected chi connectivity index (χ4v) is 1.48. The largest absolute Gasteiger partial charge is 0.385 e. The molecule has 18 heavy (non-hydrogen) atoms. The van der Waals surface area contributed by atoms with Gasteiger partial charge in [-0.05, 0) is 0 Å². The Morgan fingerprint density at radius 3 is 2.06 bits per heavy atom. The summed E-state index contributed by atoms with van der Waals surface area (Å²) >= 11 is 0. The summed E-state index contributed by atoms with van der Waals surface area (Å²) in [4.78, 5) is 2.65. The van der Waals surface area contributed by atoms with Crippen molar-refractivity contribution in [1.29, 1.82) is 0 Å². The summed E-state index contributed by atoms with van der Waals surface area (Å²) in [6, 6.07) is 0. The Kier molecular flexibility index (Phi) is 2.26. The van der Waals surface area contributed by atoms with Gasteiger partial charge in [0.1, 0.15) is 12.9 Å². The summed E-state index contributed by atoms with van der Waals surface area (Å²) in [7, 11) is 0. The lowest BCUT2D eigenvalue weighted by molar-refractivity contribution is -0.366. The van der Waals surface area contributed by atoms with Crippen LogP contribution in [0.15, 0.2) is 6.33 Å². The predicted molar refractivity (Wildman–Crippen MR) is 38.8 cm³/mol. The van der Waals surface area contributed by atoms with Crippen molar-refractivity contribution in [3.05, 3.63) is 12.2 Å². The molecule has 1 aliphatic heterocycles. The third-order valence-corrected chi connectivity index (χ3v) is 2.49. The predicted octanol–water partition coefficient (Wildman–Crippen LogP) is 2.29. The lowest BCUT2D eigenvalue weighted by atomic mass is 10.0. The van der Waals surface area contributed by atoms with E-state index in [0.29, 0.717) is 6.33 Å². The molecule has 0 aliphatic carbocycles. The zero-order chi connectivity index (χ0) is 14.0. The van der Waals surface area contributed by atoms with E-state index in [4.69, 9.17) is 0 Å². The third-order valence-electron chi connectivity index (χ3n) is 2.49. The molecule has 1 aromatic rings. The standard InChI is InChI=1S/C7H3F8N3/c8-4(9)1-18-3(16-2-17-18)5(10,11)7(14,15)6(4,12)13/h2H,1H2. The molecule has 0 unspecified atom stereocenters. The maximum Gasteiger partial charge on any atom is 0.385 e. The molecule has 1 aliphatic rings. The molecule has 0 bridgehead atoms. The summed E-state index contributed by atoms with van der Waals surface area (Å²) in [6.45, 7) is -2.11. The second-order valence-corrected chi connectivity index (χ2v) is 3.67. The quantitative estimate of drug-likeness (QED) is 0.683. The van der Waals surface area contributed by atoms with Crippen molar-refractivity contribution in [2.45, 2.75) is 30.2 Å². The number of alkyl halides is 8. The number of rotatable bonds is 0.